The summed E-state index contributed by atoms with van der Waals surface area (Å²) in [5, 5.41) is 4.02. The van der Waals surface area contributed by atoms with Crippen LogP contribution in [0.4, 0.5) is 0 Å². The Labute approximate surface area is 151 Å². The molecule has 2 aromatic carbocycles. The average molecular weight is 368 g/mol. The van der Waals surface area contributed by atoms with Gasteiger partial charge in [0, 0.05) is 10.0 Å². The van der Waals surface area contributed by atoms with Gasteiger partial charge < -0.3 is 14.8 Å². The SMILES string of the molecule is COc1ccc(CC(=O)N[C@H](C)c2ccc(Cl)cc2Cl)cc1OC. The molecule has 128 valence electrons. The van der Waals surface area contributed by atoms with E-state index in [4.69, 9.17) is 32.7 Å². The summed E-state index contributed by atoms with van der Waals surface area (Å²) in [6.07, 6.45) is 0.232. The number of hydrogen-bond donors (Lipinski definition) is 1. The van der Waals surface area contributed by atoms with Gasteiger partial charge in [0.25, 0.3) is 0 Å². The van der Waals surface area contributed by atoms with Crippen molar-refractivity contribution in [3.8, 4) is 11.5 Å². The van der Waals surface area contributed by atoms with Crippen LogP contribution in [0.25, 0.3) is 0 Å². The van der Waals surface area contributed by atoms with E-state index in [-0.39, 0.29) is 18.4 Å². The molecule has 0 aliphatic rings. The summed E-state index contributed by atoms with van der Waals surface area (Å²) in [7, 11) is 3.13. The highest BCUT2D eigenvalue weighted by Gasteiger charge is 2.14. The van der Waals surface area contributed by atoms with E-state index >= 15 is 0 Å². The Morgan fingerprint density at radius 2 is 1.79 bits per heavy atom. The number of rotatable bonds is 6. The quantitative estimate of drug-likeness (QED) is 0.821. The number of carbonyl (C=O) groups excluding carboxylic acids is 1. The molecule has 1 atom stereocenters. The molecule has 0 spiro atoms. The first-order valence-electron chi connectivity index (χ1n) is 7.39. The molecule has 2 aromatic rings. The summed E-state index contributed by atoms with van der Waals surface area (Å²) in [4.78, 5) is 12.3. The summed E-state index contributed by atoms with van der Waals surface area (Å²) >= 11 is 12.1. The molecular weight excluding hydrogens is 349 g/mol. The fraction of sp³-hybridized carbons (Fsp3) is 0.278. The van der Waals surface area contributed by atoms with E-state index in [1.807, 2.05) is 19.1 Å². The van der Waals surface area contributed by atoms with Crippen LogP contribution in [0, 0.1) is 0 Å². The highest BCUT2D eigenvalue weighted by Crippen LogP contribution is 2.28. The van der Waals surface area contributed by atoms with E-state index in [0.29, 0.717) is 21.5 Å². The molecule has 0 unspecified atom stereocenters. The van der Waals surface area contributed by atoms with Crippen molar-refractivity contribution in [1.82, 2.24) is 5.32 Å². The van der Waals surface area contributed by atoms with Crippen LogP contribution in [-0.4, -0.2) is 20.1 Å². The number of nitrogens with one attached hydrogen (secondary N) is 1. The van der Waals surface area contributed by atoms with Gasteiger partial charge in [-0.2, -0.15) is 0 Å². The van der Waals surface area contributed by atoms with E-state index < -0.39 is 0 Å². The minimum absolute atomic E-state index is 0.110. The van der Waals surface area contributed by atoms with Gasteiger partial charge in [-0.15, -0.1) is 0 Å². The summed E-state index contributed by atoms with van der Waals surface area (Å²) in [5.41, 5.74) is 1.65. The van der Waals surface area contributed by atoms with Gasteiger partial charge in [0.1, 0.15) is 0 Å². The van der Waals surface area contributed by atoms with Crippen LogP contribution in [0.15, 0.2) is 36.4 Å². The molecule has 0 bridgehead atoms. The molecule has 1 amide bonds. The highest BCUT2D eigenvalue weighted by atomic mass is 35.5. The number of carbonyl (C=O) groups is 1. The fourth-order valence-electron chi connectivity index (χ4n) is 2.40. The topological polar surface area (TPSA) is 47.6 Å². The number of amides is 1. The van der Waals surface area contributed by atoms with Gasteiger partial charge in [0.05, 0.1) is 26.7 Å². The van der Waals surface area contributed by atoms with Crippen LogP contribution >= 0.6 is 23.2 Å². The third-order valence-electron chi connectivity index (χ3n) is 3.62. The first-order chi connectivity index (χ1) is 11.4. The normalized spacial score (nSPS) is 11.7. The van der Waals surface area contributed by atoms with Gasteiger partial charge >= 0.3 is 0 Å². The molecule has 24 heavy (non-hydrogen) atoms. The van der Waals surface area contributed by atoms with Gasteiger partial charge in [-0.05, 0) is 42.3 Å². The van der Waals surface area contributed by atoms with Crippen molar-refractivity contribution in [1.29, 1.82) is 0 Å². The van der Waals surface area contributed by atoms with Crippen molar-refractivity contribution in [2.45, 2.75) is 19.4 Å². The Bertz CT molecular complexity index is 734. The largest absolute Gasteiger partial charge is 0.493 e. The molecule has 0 saturated carbocycles. The summed E-state index contributed by atoms with van der Waals surface area (Å²) < 4.78 is 10.4. The third-order valence-corrected chi connectivity index (χ3v) is 4.18. The monoisotopic (exact) mass is 367 g/mol. The summed E-state index contributed by atoms with van der Waals surface area (Å²) in [5.74, 6) is 1.11. The van der Waals surface area contributed by atoms with E-state index in [2.05, 4.69) is 5.32 Å². The number of benzene rings is 2. The zero-order chi connectivity index (χ0) is 17.7. The molecule has 1 N–H and O–H groups in total. The lowest BCUT2D eigenvalue weighted by Gasteiger charge is -2.16. The Morgan fingerprint density at radius 1 is 1.08 bits per heavy atom. The molecule has 0 aliphatic heterocycles. The lowest BCUT2D eigenvalue weighted by atomic mass is 10.1. The smallest absolute Gasteiger partial charge is 0.224 e. The van der Waals surface area contributed by atoms with Gasteiger partial charge in [0.2, 0.25) is 5.91 Å². The maximum Gasteiger partial charge on any atom is 0.224 e. The summed E-state index contributed by atoms with van der Waals surface area (Å²) in [6, 6.07) is 10.4. The molecule has 0 fully saturated rings. The van der Waals surface area contributed by atoms with Crippen molar-refractivity contribution >= 4 is 29.1 Å². The van der Waals surface area contributed by atoms with E-state index in [9.17, 15) is 4.79 Å². The zero-order valence-electron chi connectivity index (χ0n) is 13.7. The highest BCUT2D eigenvalue weighted by molar-refractivity contribution is 6.35. The maximum absolute atomic E-state index is 12.3. The lowest BCUT2D eigenvalue weighted by molar-refractivity contribution is -0.121. The van der Waals surface area contributed by atoms with E-state index in [1.54, 1.807) is 38.5 Å². The minimum Gasteiger partial charge on any atom is -0.493 e. The van der Waals surface area contributed by atoms with Gasteiger partial charge in [0.15, 0.2) is 11.5 Å². The van der Waals surface area contributed by atoms with Crippen molar-refractivity contribution in [3.63, 3.8) is 0 Å². The Morgan fingerprint density at radius 3 is 2.42 bits per heavy atom. The van der Waals surface area contributed by atoms with Gasteiger partial charge in [-0.3, -0.25) is 4.79 Å². The van der Waals surface area contributed by atoms with Crippen LogP contribution in [0.5, 0.6) is 11.5 Å². The molecule has 0 aromatic heterocycles. The molecule has 0 radical (unpaired) electrons. The van der Waals surface area contributed by atoms with Crippen LogP contribution < -0.4 is 14.8 Å². The Balaban J connectivity index is 2.05. The van der Waals surface area contributed by atoms with E-state index in [1.165, 1.54) is 0 Å². The van der Waals surface area contributed by atoms with Crippen LogP contribution in [0.3, 0.4) is 0 Å². The molecule has 4 nitrogen and oxygen atoms in total. The predicted octanol–water partition coefficient (Wildman–Crippen LogP) is 4.43. The molecule has 0 heterocycles. The van der Waals surface area contributed by atoms with Gasteiger partial charge in [-0.25, -0.2) is 0 Å². The van der Waals surface area contributed by atoms with Crippen LogP contribution in [-0.2, 0) is 11.2 Å². The fourth-order valence-corrected chi connectivity index (χ4v) is 2.97. The van der Waals surface area contributed by atoms with E-state index in [0.717, 1.165) is 11.1 Å². The van der Waals surface area contributed by atoms with Crippen LogP contribution in [0.2, 0.25) is 10.0 Å². The second-order valence-corrected chi connectivity index (χ2v) is 6.16. The average Bonchev–Trinajstić information content (AvgIpc) is 2.54. The maximum atomic E-state index is 12.3. The first kappa shape index (κ1) is 18.4. The number of ether oxygens (including phenoxy) is 2. The van der Waals surface area contributed by atoms with Crippen molar-refractivity contribution in [3.05, 3.63) is 57.6 Å². The number of hydrogen-bond acceptors (Lipinski definition) is 3. The second-order valence-electron chi connectivity index (χ2n) is 5.32. The Hall–Kier alpha value is -1.91. The molecule has 6 heteroatoms. The van der Waals surface area contributed by atoms with Crippen molar-refractivity contribution < 1.29 is 14.3 Å². The first-order valence-corrected chi connectivity index (χ1v) is 8.15. The molecular formula is C18H19Cl2NO3. The molecule has 2 rings (SSSR count). The van der Waals surface area contributed by atoms with Crippen molar-refractivity contribution in [2.24, 2.45) is 0 Å². The van der Waals surface area contributed by atoms with Gasteiger partial charge in [-0.1, -0.05) is 35.3 Å². The second kappa shape index (κ2) is 8.27. The molecule has 0 saturated heterocycles. The third kappa shape index (κ3) is 4.56. The standard InChI is InChI=1S/C18H19Cl2NO3/c1-11(14-6-5-13(19)10-15(14)20)21-18(22)9-12-4-7-16(23-2)17(8-12)24-3/h4-8,10-11H,9H2,1-3H3,(H,21,22)/t11-/m1/s1. The van der Waals surface area contributed by atoms with Crippen molar-refractivity contribution in [2.75, 3.05) is 14.2 Å². The Kier molecular flexibility index (Phi) is 6.35. The number of halogens is 2. The molecule has 0 aliphatic carbocycles. The minimum atomic E-state index is -0.220. The lowest BCUT2D eigenvalue weighted by Crippen LogP contribution is -2.28. The van der Waals surface area contributed by atoms with Crippen LogP contribution in [0.1, 0.15) is 24.1 Å². The number of methoxy groups -OCH3 is 2. The predicted molar refractivity (Wildman–Crippen MR) is 96.3 cm³/mol. The summed E-state index contributed by atoms with van der Waals surface area (Å²) in [6.45, 7) is 1.88. The zero-order valence-corrected chi connectivity index (χ0v) is 15.2.